The average Bonchev–Trinajstić information content (AvgIpc) is 3.06. The van der Waals surface area contributed by atoms with Gasteiger partial charge in [-0.3, -0.25) is 19.3 Å². The summed E-state index contributed by atoms with van der Waals surface area (Å²) >= 11 is 10.1. The number of ether oxygens (including phenoxy) is 2. The molecule has 0 spiro atoms. The number of imide groups is 1. The third-order valence-corrected chi connectivity index (χ3v) is 6.28. The first-order valence-electron chi connectivity index (χ1n) is 10.1. The molecule has 3 amide bonds. The van der Waals surface area contributed by atoms with E-state index in [1.54, 1.807) is 18.2 Å². The molecule has 1 aliphatic heterocycles. The molecule has 0 aliphatic carbocycles. The van der Waals surface area contributed by atoms with Gasteiger partial charge in [0.1, 0.15) is 12.3 Å². The van der Waals surface area contributed by atoms with E-state index in [0.717, 1.165) is 27.6 Å². The number of anilines is 1. The highest BCUT2D eigenvalue weighted by Crippen LogP contribution is 2.35. The number of thioether (sulfide) groups is 1. The molecule has 0 unspecified atom stereocenters. The van der Waals surface area contributed by atoms with Gasteiger partial charge in [-0.25, -0.2) is 4.79 Å². The molecule has 1 N–H and O–H groups in total. The number of amides is 3. The largest absolute Gasteiger partial charge is 0.493 e. The quantitative estimate of drug-likeness (QED) is 0.339. The number of halogens is 2. The van der Waals surface area contributed by atoms with Crippen LogP contribution in [0.25, 0.3) is 6.08 Å². The van der Waals surface area contributed by atoms with Crippen LogP contribution in [0.2, 0.25) is 5.02 Å². The van der Waals surface area contributed by atoms with E-state index in [2.05, 4.69) is 26.0 Å². The molecule has 0 aromatic heterocycles. The molecule has 1 aliphatic rings. The molecule has 3 rings (SSSR count). The van der Waals surface area contributed by atoms with Gasteiger partial charge in [-0.2, -0.15) is 0 Å². The number of carbonyl (C=O) groups excluding carboxylic acids is 4. The Morgan fingerprint density at radius 3 is 2.68 bits per heavy atom. The van der Waals surface area contributed by atoms with Crippen molar-refractivity contribution < 1.29 is 28.7 Å². The van der Waals surface area contributed by atoms with Crippen LogP contribution in [0.3, 0.4) is 0 Å². The lowest BCUT2D eigenvalue weighted by molar-refractivity contribution is -0.127. The highest BCUT2D eigenvalue weighted by Gasteiger charge is 2.36. The van der Waals surface area contributed by atoms with Crippen molar-refractivity contribution in [3.05, 3.63) is 61.9 Å². The first kappa shape index (κ1) is 25.8. The molecule has 2 aromatic carbocycles. The van der Waals surface area contributed by atoms with Crippen LogP contribution in [0.15, 0.2) is 45.8 Å². The van der Waals surface area contributed by atoms with Crippen LogP contribution in [0.5, 0.6) is 5.75 Å². The number of methoxy groups -OCH3 is 1. The Kier molecular flexibility index (Phi) is 8.76. The molecule has 178 valence electrons. The zero-order chi connectivity index (χ0) is 24.8. The van der Waals surface area contributed by atoms with Gasteiger partial charge < -0.3 is 14.8 Å². The van der Waals surface area contributed by atoms with Gasteiger partial charge in [0, 0.05) is 15.7 Å². The minimum atomic E-state index is -0.660. The second-order valence-electron chi connectivity index (χ2n) is 7.03. The predicted molar refractivity (Wildman–Crippen MR) is 134 cm³/mol. The standard InChI is InChI=1S/C23H20BrClN2O6S/c1-3-8-33-18-7-4-14(24)9-13(18)10-19-21(29)27(23(31)34-19)12-20(28)26-15-5-6-17(25)16(11-15)22(30)32-2/h4-7,9-11H,3,8,12H2,1-2H3,(H,26,28)/b19-10+. The fourth-order valence-corrected chi connectivity index (χ4v) is 4.37. The van der Waals surface area contributed by atoms with Crippen molar-refractivity contribution in [3.63, 3.8) is 0 Å². The topological polar surface area (TPSA) is 102 Å². The Bertz CT molecular complexity index is 1190. The average molecular weight is 568 g/mol. The Balaban J connectivity index is 1.74. The van der Waals surface area contributed by atoms with Crippen LogP contribution < -0.4 is 10.1 Å². The Hall–Kier alpha value is -2.82. The van der Waals surface area contributed by atoms with Crippen LogP contribution in [0, 0.1) is 0 Å². The summed E-state index contributed by atoms with van der Waals surface area (Å²) in [7, 11) is 1.21. The van der Waals surface area contributed by atoms with Gasteiger partial charge >= 0.3 is 5.97 Å². The van der Waals surface area contributed by atoms with Crippen molar-refractivity contribution in [2.45, 2.75) is 13.3 Å². The smallest absolute Gasteiger partial charge is 0.339 e. The maximum atomic E-state index is 12.9. The van der Waals surface area contributed by atoms with Gasteiger partial charge in [0.2, 0.25) is 5.91 Å². The van der Waals surface area contributed by atoms with Crippen LogP contribution >= 0.6 is 39.3 Å². The van der Waals surface area contributed by atoms with Crippen LogP contribution in [0.4, 0.5) is 10.5 Å². The molecular weight excluding hydrogens is 548 g/mol. The third kappa shape index (κ3) is 6.19. The Labute approximate surface area is 213 Å². The second kappa shape index (κ2) is 11.5. The normalized spacial score (nSPS) is 14.5. The number of carbonyl (C=O) groups is 4. The van der Waals surface area contributed by atoms with Gasteiger partial charge in [-0.1, -0.05) is 34.5 Å². The lowest BCUT2D eigenvalue weighted by Gasteiger charge is -2.13. The molecule has 0 bridgehead atoms. The molecular formula is C23H20BrClN2O6S. The fourth-order valence-electron chi connectivity index (χ4n) is 2.97. The Morgan fingerprint density at radius 1 is 1.21 bits per heavy atom. The number of benzene rings is 2. The van der Waals surface area contributed by atoms with Crippen molar-refractivity contribution in [2.24, 2.45) is 0 Å². The molecule has 2 aromatic rings. The van der Waals surface area contributed by atoms with Crippen molar-refractivity contribution in [3.8, 4) is 5.75 Å². The van der Waals surface area contributed by atoms with Crippen molar-refractivity contribution in [2.75, 3.05) is 25.6 Å². The molecule has 1 saturated heterocycles. The number of esters is 1. The summed E-state index contributed by atoms with van der Waals surface area (Å²) in [5.41, 5.74) is 0.977. The lowest BCUT2D eigenvalue weighted by atomic mass is 10.2. The monoisotopic (exact) mass is 566 g/mol. The minimum absolute atomic E-state index is 0.0752. The van der Waals surface area contributed by atoms with Crippen LogP contribution in [-0.4, -0.2) is 48.2 Å². The Morgan fingerprint density at radius 2 is 1.97 bits per heavy atom. The maximum Gasteiger partial charge on any atom is 0.339 e. The summed E-state index contributed by atoms with van der Waals surface area (Å²) in [6.07, 6.45) is 2.39. The van der Waals surface area contributed by atoms with Gasteiger partial charge in [-0.05, 0) is 60.7 Å². The van der Waals surface area contributed by atoms with E-state index in [4.69, 9.17) is 16.3 Å². The lowest BCUT2D eigenvalue weighted by Crippen LogP contribution is -2.36. The van der Waals surface area contributed by atoms with Crippen LogP contribution in [-0.2, 0) is 14.3 Å². The highest BCUT2D eigenvalue weighted by molar-refractivity contribution is 9.10. The van der Waals surface area contributed by atoms with E-state index in [9.17, 15) is 19.2 Å². The highest BCUT2D eigenvalue weighted by atomic mass is 79.9. The summed E-state index contributed by atoms with van der Waals surface area (Å²) in [5, 5.41) is 2.15. The molecule has 11 heteroatoms. The van der Waals surface area contributed by atoms with E-state index in [1.807, 2.05) is 13.0 Å². The number of nitrogens with zero attached hydrogens (tertiary/aromatic N) is 1. The molecule has 34 heavy (non-hydrogen) atoms. The summed E-state index contributed by atoms with van der Waals surface area (Å²) in [6.45, 7) is 2.00. The zero-order valence-electron chi connectivity index (χ0n) is 18.2. The van der Waals surface area contributed by atoms with Gasteiger partial charge in [-0.15, -0.1) is 0 Å². The van der Waals surface area contributed by atoms with Crippen molar-refractivity contribution in [1.82, 2.24) is 4.90 Å². The first-order valence-corrected chi connectivity index (χ1v) is 12.1. The molecule has 1 fully saturated rings. The van der Waals surface area contributed by atoms with E-state index in [1.165, 1.54) is 25.3 Å². The molecule has 0 atom stereocenters. The molecule has 8 nitrogen and oxygen atoms in total. The van der Waals surface area contributed by atoms with E-state index in [-0.39, 0.29) is 21.2 Å². The van der Waals surface area contributed by atoms with Gasteiger partial charge in [0.05, 0.1) is 29.2 Å². The zero-order valence-corrected chi connectivity index (χ0v) is 21.4. The maximum absolute atomic E-state index is 12.9. The van der Waals surface area contributed by atoms with E-state index < -0.39 is 29.6 Å². The van der Waals surface area contributed by atoms with Crippen molar-refractivity contribution >= 4 is 74.1 Å². The third-order valence-electron chi connectivity index (χ3n) is 4.55. The summed E-state index contributed by atoms with van der Waals surface area (Å²) in [6, 6.07) is 9.66. The summed E-state index contributed by atoms with van der Waals surface area (Å²) in [4.78, 5) is 50.6. The summed E-state index contributed by atoms with van der Waals surface area (Å²) in [5.74, 6) is -1.28. The number of rotatable bonds is 8. The molecule has 0 radical (unpaired) electrons. The molecule has 1 heterocycles. The fraction of sp³-hybridized carbons (Fsp3) is 0.217. The second-order valence-corrected chi connectivity index (χ2v) is 9.35. The van der Waals surface area contributed by atoms with Crippen molar-refractivity contribution in [1.29, 1.82) is 0 Å². The van der Waals surface area contributed by atoms with Gasteiger partial charge in [0.25, 0.3) is 11.1 Å². The van der Waals surface area contributed by atoms with E-state index in [0.29, 0.717) is 17.9 Å². The van der Waals surface area contributed by atoms with Crippen LogP contribution in [0.1, 0.15) is 29.3 Å². The number of hydrogen-bond acceptors (Lipinski definition) is 7. The predicted octanol–water partition coefficient (Wildman–Crippen LogP) is 5.35. The summed E-state index contributed by atoms with van der Waals surface area (Å²) < 4.78 is 11.2. The SMILES string of the molecule is CCCOc1ccc(Br)cc1/C=C1/SC(=O)N(CC(=O)Nc2ccc(Cl)c(C(=O)OC)c2)C1=O. The minimum Gasteiger partial charge on any atom is -0.493 e. The van der Waals surface area contributed by atoms with E-state index >= 15 is 0 Å². The number of hydrogen-bond donors (Lipinski definition) is 1. The molecule has 0 saturated carbocycles. The van der Waals surface area contributed by atoms with Gasteiger partial charge in [0.15, 0.2) is 0 Å². The first-order chi connectivity index (χ1) is 16.2. The number of nitrogens with one attached hydrogen (secondary N) is 1.